The molecule has 1 aromatic heterocycles. The van der Waals surface area contributed by atoms with Crippen LogP contribution in [0.4, 0.5) is 4.79 Å². The number of piperazine rings is 1. The molecule has 2 fully saturated rings. The normalized spacial score (nSPS) is 20.4. The van der Waals surface area contributed by atoms with Gasteiger partial charge in [0.1, 0.15) is 0 Å². The maximum absolute atomic E-state index is 12.8. The monoisotopic (exact) mass is 373 g/mol. The number of carbonyl (C=O) groups excluding carboxylic acids is 1. The van der Waals surface area contributed by atoms with Gasteiger partial charge in [0.2, 0.25) is 10.0 Å². The van der Waals surface area contributed by atoms with Crippen LogP contribution in [0, 0.1) is 13.8 Å². The van der Waals surface area contributed by atoms with E-state index < -0.39 is 10.0 Å². The highest BCUT2D eigenvalue weighted by Gasteiger charge is 2.33. The Balaban J connectivity index is 1.64. The van der Waals surface area contributed by atoms with Gasteiger partial charge in [-0.1, -0.05) is 0 Å². The fourth-order valence-electron chi connectivity index (χ4n) is 3.08. The van der Waals surface area contributed by atoms with Gasteiger partial charge in [0.25, 0.3) is 0 Å². The van der Waals surface area contributed by atoms with Crippen LogP contribution in [0.2, 0.25) is 0 Å². The zero-order chi connectivity index (χ0) is 17.3. The van der Waals surface area contributed by atoms with Crippen LogP contribution in [-0.4, -0.2) is 81.0 Å². The molecule has 0 spiro atoms. The van der Waals surface area contributed by atoms with E-state index in [-0.39, 0.29) is 6.03 Å². The number of urea groups is 1. The molecule has 0 bridgehead atoms. The van der Waals surface area contributed by atoms with Crippen LogP contribution < -0.4 is 0 Å². The van der Waals surface area contributed by atoms with Crippen molar-refractivity contribution in [2.24, 2.45) is 0 Å². The number of nitrogens with zero attached hydrogens (tertiary/aromatic N) is 3. The van der Waals surface area contributed by atoms with E-state index in [0.717, 1.165) is 9.75 Å². The van der Waals surface area contributed by atoms with E-state index in [1.165, 1.54) is 15.6 Å². The zero-order valence-corrected chi connectivity index (χ0v) is 15.7. The van der Waals surface area contributed by atoms with Crippen molar-refractivity contribution in [3.8, 4) is 0 Å². The Hall–Kier alpha value is -1.16. The topological polar surface area (TPSA) is 70.2 Å². The zero-order valence-electron chi connectivity index (χ0n) is 14.0. The number of sulfonamides is 1. The molecule has 24 heavy (non-hydrogen) atoms. The van der Waals surface area contributed by atoms with Gasteiger partial charge in [0.15, 0.2) is 0 Å². The largest absolute Gasteiger partial charge is 0.378 e. The SMILES string of the molecule is Cc1cc(S(=O)(=O)N2CCN(C(=O)N3CCOCC3)CC2)c(C)s1. The number of thiophene rings is 1. The maximum atomic E-state index is 12.8. The van der Waals surface area contributed by atoms with Crippen molar-refractivity contribution < 1.29 is 17.9 Å². The molecule has 2 aliphatic heterocycles. The third-order valence-corrected chi connectivity index (χ3v) is 7.52. The van der Waals surface area contributed by atoms with Crippen LogP contribution in [-0.2, 0) is 14.8 Å². The molecular formula is C15H23N3O4S2. The summed E-state index contributed by atoms with van der Waals surface area (Å²) in [6, 6.07) is 1.72. The van der Waals surface area contributed by atoms with Crippen LogP contribution in [0.5, 0.6) is 0 Å². The minimum absolute atomic E-state index is 0.0158. The summed E-state index contributed by atoms with van der Waals surface area (Å²) in [5.74, 6) is 0. The van der Waals surface area contributed by atoms with E-state index in [9.17, 15) is 13.2 Å². The van der Waals surface area contributed by atoms with Crippen LogP contribution in [0.3, 0.4) is 0 Å². The molecule has 2 amide bonds. The second-order valence-electron chi connectivity index (χ2n) is 6.05. The number of ether oxygens (including phenoxy) is 1. The van der Waals surface area contributed by atoms with Crippen molar-refractivity contribution in [3.63, 3.8) is 0 Å². The first-order valence-electron chi connectivity index (χ1n) is 8.08. The third kappa shape index (κ3) is 3.44. The van der Waals surface area contributed by atoms with Gasteiger partial charge >= 0.3 is 6.03 Å². The van der Waals surface area contributed by atoms with Gasteiger partial charge in [-0.25, -0.2) is 13.2 Å². The van der Waals surface area contributed by atoms with Crippen molar-refractivity contribution in [1.29, 1.82) is 0 Å². The molecular weight excluding hydrogens is 350 g/mol. The van der Waals surface area contributed by atoms with E-state index in [0.29, 0.717) is 57.4 Å². The van der Waals surface area contributed by atoms with Crippen LogP contribution in [0.1, 0.15) is 9.75 Å². The van der Waals surface area contributed by atoms with Crippen molar-refractivity contribution >= 4 is 27.4 Å². The highest BCUT2D eigenvalue weighted by molar-refractivity contribution is 7.89. The average molecular weight is 374 g/mol. The maximum Gasteiger partial charge on any atom is 0.320 e. The minimum atomic E-state index is -3.47. The van der Waals surface area contributed by atoms with Crippen LogP contribution >= 0.6 is 11.3 Å². The second-order valence-corrected chi connectivity index (χ2v) is 9.42. The number of carbonyl (C=O) groups is 1. The molecule has 1 aromatic rings. The summed E-state index contributed by atoms with van der Waals surface area (Å²) in [6.45, 7) is 7.62. The number of hydrogen-bond donors (Lipinski definition) is 0. The third-order valence-electron chi connectivity index (χ3n) is 4.40. The van der Waals surface area contributed by atoms with E-state index in [1.807, 2.05) is 13.8 Å². The molecule has 0 aliphatic carbocycles. The number of hydrogen-bond acceptors (Lipinski definition) is 5. The minimum Gasteiger partial charge on any atom is -0.378 e. The average Bonchev–Trinajstić information content (AvgIpc) is 2.94. The first kappa shape index (κ1) is 17.7. The molecule has 134 valence electrons. The van der Waals surface area contributed by atoms with E-state index >= 15 is 0 Å². The van der Waals surface area contributed by atoms with Crippen molar-refractivity contribution in [2.45, 2.75) is 18.7 Å². The molecule has 0 aromatic carbocycles. The number of rotatable bonds is 2. The summed E-state index contributed by atoms with van der Waals surface area (Å²) < 4.78 is 32.4. The molecule has 7 nitrogen and oxygen atoms in total. The first-order valence-corrected chi connectivity index (χ1v) is 10.3. The Morgan fingerprint density at radius 1 is 1.04 bits per heavy atom. The van der Waals surface area contributed by atoms with Gasteiger partial charge in [-0.05, 0) is 19.9 Å². The molecule has 0 atom stereocenters. The lowest BCUT2D eigenvalue weighted by atomic mass is 10.3. The highest BCUT2D eigenvalue weighted by atomic mass is 32.2. The standard InChI is InChI=1S/C15H23N3O4S2/c1-12-11-14(13(2)23-12)24(20,21)18-5-3-16(4-6-18)15(19)17-7-9-22-10-8-17/h11H,3-10H2,1-2H3. The quantitative estimate of drug-likeness (QED) is 0.779. The molecule has 0 unspecified atom stereocenters. The van der Waals surface area contributed by atoms with Crippen LogP contribution in [0.15, 0.2) is 11.0 Å². The molecule has 2 aliphatic rings. The van der Waals surface area contributed by atoms with Gasteiger partial charge in [-0.15, -0.1) is 11.3 Å². The summed E-state index contributed by atoms with van der Waals surface area (Å²) >= 11 is 1.50. The molecule has 3 heterocycles. The summed E-state index contributed by atoms with van der Waals surface area (Å²) in [5, 5.41) is 0. The van der Waals surface area contributed by atoms with E-state index in [4.69, 9.17) is 4.74 Å². The number of amides is 2. The lowest BCUT2D eigenvalue weighted by Crippen LogP contribution is -2.55. The molecule has 0 saturated carbocycles. The van der Waals surface area contributed by atoms with Crippen molar-refractivity contribution in [3.05, 3.63) is 15.8 Å². The van der Waals surface area contributed by atoms with Crippen molar-refractivity contribution in [2.75, 3.05) is 52.5 Å². The van der Waals surface area contributed by atoms with E-state index in [1.54, 1.807) is 15.9 Å². The fraction of sp³-hybridized carbons (Fsp3) is 0.667. The Labute approximate surface area is 146 Å². The number of morpholine rings is 1. The van der Waals surface area contributed by atoms with Gasteiger partial charge in [-0.2, -0.15) is 4.31 Å². The van der Waals surface area contributed by atoms with Crippen molar-refractivity contribution in [1.82, 2.24) is 14.1 Å². The Kier molecular flexibility index (Phi) is 5.14. The van der Waals surface area contributed by atoms with E-state index in [2.05, 4.69) is 0 Å². The Morgan fingerprint density at radius 2 is 1.62 bits per heavy atom. The lowest BCUT2D eigenvalue weighted by molar-refractivity contribution is 0.0405. The second kappa shape index (κ2) is 6.99. The van der Waals surface area contributed by atoms with Gasteiger partial charge in [0.05, 0.1) is 18.1 Å². The Bertz CT molecular complexity index is 702. The predicted molar refractivity (Wildman–Crippen MR) is 91.9 cm³/mol. The van der Waals surface area contributed by atoms with Gasteiger partial charge < -0.3 is 14.5 Å². The smallest absolute Gasteiger partial charge is 0.320 e. The molecule has 2 saturated heterocycles. The fourth-order valence-corrected chi connectivity index (χ4v) is 6.02. The van der Waals surface area contributed by atoms with Crippen LogP contribution in [0.25, 0.3) is 0 Å². The summed E-state index contributed by atoms with van der Waals surface area (Å²) in [5.41, 5.74) is 0. The van der Waals surface area contributed by atoms with Gasteiger partial charge in [0, 0.05) is 49.0 Å². The summed E-state index contributed by atoms with van der Waals surface area (Å²) in [6.07, 6.45) is 0. The summed E-state index contributed by atoms with van der Waals surface area (Å²) in [7, 11) is -3.47. The Morgan fingerprint density at radius 3 is 2.17 bits per heavy atom. The molecule has 0 radical (unpaired) electrons. The molecule has 9 heteroatoms. The molecule has 3 rings (SSSR count). The number of aryl methyl sites for hydroxylation is 2. The summed E-state index contributed by atoms with van der Waals surface area (Å²) in [4.78, 5) is 18.2. The lowest BCUT2D eigenvalue weighted by Gasteiger charge is -2.38. The van der Waals surface area contributed by atoms with Gasteiger partial charge in [-0.3, -0.25) is 0 Å². The first-order chi connectivity index (χ1) is 11.4. The predicted octanol–water partition coefficient (Wildman–Crippen LogP) is 1.12. The molecule has 0 N–H and O–H groups in total. The highest BCUT2D eigenvalue weighted by Crippen LogP contribution is 2.28.